The number of carbonyl (C=O) groups excluding carboxylic acids is 1. The van der Waals surface area contributed by atoms with Crippen LogP contribution in [0.1, 0.15) is 15.9 Å². The first-order valence-corrected chi connectivity index (χ1v) is 6.41. The van der Waals surface area contributed by atoms with E-state index in [2.05, 4.69) is 0 Å². The van der Waals surface area contributed by atoms with Crippen LogP contribution in [0, 0.1) is 0 Å². The number of amides is 1. The van der Waals surface area contributed by atoms with Gasteiger partial charge in [0.05, 0.1) is 12.7 Å². The molecule has 5 nitrogen and oxygen atoms in total. The summed E-state index contributed by atoms with van der Waals surface area (Å²) in [7, 11) is 3.14. The van der Waals surface area contributed by atoms with E-state index >= 15 is 0 Å². The van der Waals surface area contributed by atoms with Crippen molar-refractivity contribution in [3.8, 4) is 17.2 Å². The largest absolute Gasteiger partial charge is 0.508 e. The van der Waals surface area contributed by atoms with Crippen molar-refractivity contribution in [3.63, 3.8) is 0 Å². The van der Waals surface area contributed by atoms with Gasteiger partial charge >= 0.3 is 0 Å². The van der Waals surface area contributed by atoms with E-state index in [1.807, 2.05) is 0 Å². The lowest BCUT2D eigenvalue weighted by Gasteiger charge is -2.18. The van der Waals surface area contributed by atoms with Crippen molar-refractivity contribution in [1.82, 2.24) is 4.90 Å². The number of methoxy groups -OCH3 is 1. The second kappa shape index (κ2) is 6.17. The van der Waals surface area contributed by atoms with Crippen molar-refractivity contribution in [2.75, 3.05) is 14.2 Å². The molecular weight excluding hydrogens is 270 g/mol. The Morgan fingerprint density at radius 2 is 1.81 bits per heavy atom. The van der Waals surface area contributed by atoms with Gasteiger partial charge < -0.3 is 19.8 Å². The number of hydrogen-bond donors (Lipinski definition) is 2. The van der Waals surface area contributed by atoms with Gasteiger partial charge in [0.25, 0.3) is 5.91 Å². The second-order valence-electron chi connectivity index (χ2n) is 4.71. The third-order valence-electron chi connectivity index (χ3n) is 3.14. The molecule has 2 rings (SSSR count). The van der Waals surface area contributed by atoms with E-state index in [1.165, 1.54) is 24.1 Å². The summed E-state index contributed by atoms with van der Waals surface area (Å²) in [6.07, 6.45) is 0. The van der Waals surface area contributed by atoms with Gasteiger partial charge in [-0.05, 0) is 29.8 Å². The topological polar surface area (TPSA) is 70.0 Å². The van der Waals surface area contributed by atoms with Crippen molar-refractivity contribution < 1.29 is 19.7 Å². The molecule has 110 valence electrons. The fourth-order valence-electron chi connectivity index (χ4n) is 1.97. The fraction of sp³-hybridized carbons (Fsp3) is 0.188. The normalized spacial score (nSPS) is 10.2. The first kappa shape index (κ1) is 14.7. The highest BCUT2D eigenvalue weighted by atomic mass is 16.5. The molecule has 0 radical (unpaired) electrons. The minimum Gasteiger partial charge on any atom is -0.508 e. The van der Waals surface area contributed by atoms with Crippen molar-refractivity contribution in [2.24, 2.45) is 0 Å². The minimum absolute atomic E-state index is 0.114. The molecule has 0 fully saturated rings. The van der Waals surface area contributed by atoms with Gasteiger partial charge in [-0.15, -0.1) is 0 Å². The summed E-state index contributed by atoms with van der Waals surface area (Å²) in [5.41, 5.74) is 1.11. The lowest BCUT2D eigenvalue weighted by molar-refractivity contribution is 0.0782. The Morgan fingerprint density at radius 1 is 1.14 bits per heavy atom. The van der Waals surface area contributed by atoms with E-state index in [4.69, 9.17) is 4.74 Å². The van der Waals surface area contributed by atoms with Crippen molar-refractivity contribution >= 4 is 5.91 Å². The summed E-state index contributed by atoms with van der Waals surface area (Å²) < 4.78 is 4.99. The van der Waals surface area contributed by atoms with Crippen LogP contribution in [0.25, 0.3) is 0 Å². The zero-order chi connectivity index (χ0) is 15.4. The zero-order valence-corrected chi connectivity index (χ0v) is 11.9. The third kappa shape index (κ3) is 3.45. The highest BCUT2D eigenvalue weighted by molar-refractivity contribution is 5.96. The molecule has 0 saturated carbocycles. The fourth-order valence-corrected chi connectivity index (χ4v) is 1.97. The Morgan fingerprint density at radius 3 is 2.38 bits per heavy atom. The van der Waals surface area contributed by atoms with Crippen molar-refractivity contribution in [3.05, 3.63) is 53.6 Å². The maximum atomic E-state index is 12.3. The first-order chi connectivity index (χ1) is 10.0. The van der Waals surface area contributed by atoms with Gasteiger partial charge in [-0.1, -0.05) is 12.1 Å². The molecule has 5 heteroatoms. The maximum absolute atomic E-state index is 12.3. The Labute approximate surface area is 123 Å². The number of ether oxygens (including phenoxy) is 1. The van der Waals surface area contributed by atoms with E-state index in [0.717, 1.165) is 5.56 Å². The van der Waals surface area contributed by atoms with Gasteiger partial charge in [0.2, 0.25) is 0 Å². The summed E-state index contributed by atoms with van der Waals surface area (Å²) in [4.78, 5) is 13.8. The number of nitrogens with zero attached hydrogens (tertiary/aromatic N) is 1. The molecule has 0 spiro atoms. The highest BCUT2D eigenvalue weighted by Crippen LogP contribution is 2.24. The number of aromatic hydroxyl groups is 2. The molecule has 0 unspecified atom stereocenters. The van der Waals surface area contributed by atoms with Crippen LogP contribution in [0.2, 0.25) is 0 Å². The van der Waals surface area contributed by atoms with Gasteiger partial charge in [0, 0.05) is 19.7 Å². The van der Waals surface area contributed by atoms with Crippen LogP contribution in [0.3, 0.4) is 0 Å². The number of hydrogen-bond acceptors (Lipinski definition) is 4. The van der Waals surface area contributed by atoms with Crippen molar-refractivity contribution in [2.45, 2.75) is 6.54 Å². The van der Waals surface area contributed by atoms with E-state index in [0.29, 0.717) is 12.3 Å². The quantitative estimate of drug-likeness (QED) is 0.905. The summed E-state index contributed by atoms with van der Waals surface area (Å²) in [6, 6.07) is 11.2. The lowest BCUT2D eigenvalue weighted by Crippen LogP contribution is -2.26. The average molecular weight is 287 g/mol. The predicted molar refractivity (Wildman–Crippen MR) is 78.6 cm³/mol. The SMILES string of the molecule is COc1ccc(C(=O)N(C)Cc2ccc(O)cc2)c(O)c1. The lowest BCUT2D eigenvalue weighted by atomic mass is 10.1. The molecule has 21 heavy (non-hydrogen) atoms. The number of benzene rings is 2. The zero-order valence-electron chi connectivity index (χ0n) is 11.9. The van der Waals surface area contributed by atoms with Gasteiger partial charge in [-0.25, -0.2) is 0 Å². The number of carbonyl (C=O) groups is 1. The molecule has 2 aromatic carbocycles. The summed E-state index contributed by atoms with van der Waals surface area (Å²) in [6.45, 7) is 0.380. The van der Waals surface area contributed by atoms with Crippen LogP contribution >= 0.6 is 0 Å². The summed E-state index contributed by atoms with van der Waals surface area (Å²) in [5, 5.41) is 19.1. The van der Waals surface area contributed by atoms with Crippen molar-refractivity contribution in [1.29, 1.82) is 0 Å². The van der Waals surface area contributed by atoms with Crippen LogP contribution in [0.4, 0.5) is 0 Å². The van der Waals surface area contributed by atoms with Gasteiger partial charge in [-0.2, -0.15) is 0 Å². The highest BCUT2D eigenvalue weighted by Gasteiger charge is 2.16. The van der Waals surface area contributed by atoms with Gasteiger partial charge in [0.1, 0.15) is 17.2 Å². The Balaban J connectivity index is 2.13. The molecule has 0 aliphatic heterocycles. The molecule has 2 N–H and O–H groups in total. The predicted octanol–water partition coefficient (Wildman–Crippen LogP) is 2.38. The average Bonchev–Trinajstić information content (AvgIpc) is 2.48. The second-order valence-corrected chi connectivity index (χ2v) is 4.71. The number of phenolic OH excluding ortho intramolecular Hbond substituents is 2. The molecule has 0 aliphatic rings. The molecule has 2 aromatic rings. The van der Waals surface area contributed by atoms with Crippen LogP contribution < -0.4 is 4.74 Å². The Bertz CT molecular complexity index is 637. The van der Waals surface area contributed by atoms with E-state index < -0.39 is 0 Å². The molecule has 1 amide bonds. The van der Waals surface area contributed by atoms with Crippen LogP contribution in [-0.2, 0) is 6.54 Å². The molecular formula is C16H17NO4. The van der Waals surface area contributed by atoms with Crippen LogP contribution in [-0.4, -0.2) is 35.2 Å². The number of rotatable bonds is 4. The molecule has 0 heterocycles. The molecule has 0 bridgehead atoms. The maximum Gasteiger partial charge on any atom is 0.257 e. The van der Waals surface area contributed by atoms with Crippen LogP contribution in [0.15, 0.2) is 42.5 Å². The van der Waals surface area contributed by atoms with E-state index in [-0.39, 0.29) is 23.0 Å². The monoisotopic (exact) mass is 287 g/mol. The summed E-state index contributed by atoms with van der Waals surface area (Å²) in [5.74, 6) is 0.269. The smallest absolute Gasteiger partial charge is 0.257 e. The Hall–Kier alpha value is -2.69. The molecule has 0 atom stereocenters. The standard InChI is InChI=1S/C16H17NO4/c1-17(10-11-3-5-12(18)6-4-11)16(20)14-8-7-13(21-2)9-15(14)19/h3-9,18-19H,10H2,1-2H3. The number of phenols is 2. The third-order valence-corrected chi connectivity index (χ3v) is 3.14. The van der Waals surface area contributed by atoms with Gasteiger partial charge in [-0.3, -0.25) is 4.79 Å². The minimum atomic E-state index is -0.289. The Kier molecular flexibility index (Phi) is 4.33. The molecule has 0 saturated heterocycles. The first-order valence-electron chi connectivity index (χ1n) is 6.41. The van der Waals surface area contributed by atoms with E-state index in [9.17, 15) is 15.0 Å². The van der Waals surface area contributed by atoms with E-state index in [1.54, 1.807) is 37.4 Å². The molecule has 0 aromatic heterocycles. The van der Waals surface area contributed by atoms with Crippen LogP contribution in [0.5, 0.6) is 17.2 Å². The summed E-state index contributed by atoms with van der Waals surface area (Å²) >= 11 is 0. The molecule has 0 aliphatic carbocycles. The van der Waals surface area contributed by atoms with Gasteiger partial charge in [0.15, 0.2) is 0 Å².